The topological polar surface area (TPSA) is 18.5 Å². The molecule has 2 aliphatic rings. The van der Waals surface area contributed by atoms with Crippen LogP contribution in [0.1, 0.15) is 52.9 Å². The third-order valence-corrected chi connectivity index (χ3v) is 4.85. The zero-order valence-electron chi connectivity index (χ0n) is 15.4. The molecule has 1 radical (unpaired) electrons. The molecule has 1 N–H and O–H groups in total. The summed E-state index contributed by atoms with van der Waals surface area (Å²) in [6.45, 7) is 20.5. The van der Waals surface area contributed by atoms with E-state index >= 15 is 0 Å². The van der Waals surface area contributed by atoms with Crippen LogP contribution in [-0.2, 0) is 32.7 Å². The molecule has 2 saturated heterocycles. The summed E-state index contributed by atoms with van der Waals surface area (Å²) in [5.41, 5.74) is 0.556. The maximum absolute atomic E-state index is 3.93. The fourth-order valence-corrected chi connectivity index (χ4v) is 3.40. The molecule has 2 heterocycles. The average Bonchev–Trinajstić information content (AvgIpc) is 2.52. The van der Waals surface area contributed by atoms with Gasteiger partial charge in [0, 0.05) is 65.4 Å². The number of nitrogens with one attached hydrogen (secondary N) is 1. The maximum atomic E-state index is 3.93. The van der Waals surface area contributed by atoms with E-state index in [1.165, 1.54) is 78.0 Å². The molecule has 22 heavy (non-hydrogen) atoms. The van der Waals surface area contributed by atoms with Gasteiger partial charge in [-0.05, 0) is 44.3 Å². The number of nitrogens with zero attached hydrogens (tertiary/aromatic N) is 2. The number of unbranched alkanes of at least 4 members (excludes halogenated alkanes) is 2. The largest absolute Gasteiger partial charge is 0.343 e. The molecule has 0 aromatic carbocycles. The predicted octanol–water partition coefficient (Wildman–Crippen LogP) is 3.02. The predicted molar refractivity (Wildman–Crippen MR) is 93.6 cm³/mol. The molecule has 0 aliphatic carbocycles. The molecule has 2 rings (SSSR count). The monoisotopic (exact) mass is 385 g/mol. The molecule has 4 heteroatoms. The first-order chi connectivity index (χ1) is 10.2. The van der Waals surface area contributed by atoms with Gasteiger partial charge in [-0.25, -0.2) is 0 Å². The van der Waals surface area contributed by atoms with E-state index in [4.69, 9.17) is 0 Å². The zero-order chi connectivity index (χ0) is 15.6. The van der Waals surface area contributed by atoms with E-state index in [9.17, 15) is 0 Å². The Bertz CT molecular complexity index is 247. The fourth-order valence-electron chi connectivity index (χ4n) is 3.40. The van der Waals surface area contributed by atoms with Gasteiger partial charge in [-0.2, -0.15) is 6.42 Å². The maximum Gasteiger partial charge on any atom is 0.0108 e. The van der Waals surface area contributed by atoms with Crippen LogP contribution in [0.5, 0.6) is 0 Å². The van der Waals surface area contributed by atoms with Crippen LogP contribution in [0, 0.1) is 12.3 Å². The molecule has 0 spiro atoms. The second-order valence-corrected chi connectivity index (χ2v) is 6.74. The van der Waals surface area contributed by atoms with E-state index in [0.717, 1.165) is 6.42 Å². The molecule has 129 valence electrons. The third-order valence-electron chi connectivity index (χ3n) is 4.85. The summed E-state index contributed by atoms with van der Waals surface area (Å²) >= 11 is 0. The number of piperidine rings is 1. The summed E-state index contributed by atoms with van der Waals surface area (Å²) in [6.07, 6.45) is 6.46. The summed E-state index contributed by atoms with van der Waals surface area (Å²) < 4.78 is 0. The second kappa shape index (κ2) is 13.3. The van der Waals surface area contributed by atoms with Crippen molar-refractivity contribution in [3.8, 4) is 0 Å². The van der Waals surface area contributed by atoms with Crippen molar-refractivity contribution in [3.05, 3.63) is 6.92 Å². The minimum absolute atomic E-state index is 0. The van der Waals surface area contributed by atoms with Crippen LogP contribution in [0.4, 0.5) is 0 Å². The summed E-state index contributed by atoms with van der Waals surface area (Å²) in [4.78, 5) is 5.32. The van der Waals surface area contributed by atoms with Crippen molar-refractivity contribution in [2.45, 2.75) is 52.9 Å². The van der Waals surface area contributed by atoms with Crippen molar-refractivity contribution < 1.29 is 32.7 Å². The summed E-state index contributed by atoms with van der Waals surface area (Å²) in [5, 5.41) is 3.45. The summed E-state index contributed by atoms with van der Waals surface area (Å²) in [7, 11) is 0. The molecule has 0 saturated carbocycles. The Balaban J connectivity index is 0.00000141. The standard InChI is InChI=1S/C16H32N3.C2H6.Y/c1-3-4-5-10-18-11-6-16(2,7-12-18)15-19-13-8-17-9-14-19;1-2;/h17H,1,3-15H2,2H3;1-2H3;/q-1;;. The number of rotatable bonds is 6. The molecule has 0 amide bonds. The zero-order valence-corrected chi connectivity index (χ0v) is 18.2. The van der Waals surface area contributed by atoms with Crippen LogP contribution in [0.2, 0.25) is 0 Å². The van der Waals surface area contributed by atoms with Gasteiger partial charge in [0.25, 0.3) is 0 Å². The molecule has 0 atom stereocenters. The molecule has 2 fully saturated rings. The van der Waals surface area contributed by atoms with Gasteiger partial charge in [0.2, 0.25) is 0 Å². The molecule has 0 aromatic rings. The van der Waals surface area contributed by atoms with Crippen LogP contribution in [0.15, 0.2) is 0 Å². The smallest absolute Gasteiger partial charge is 0.0108 e. The van der Waals surface area contributed by atoms with Gasteiger partial charge in [-0.1, -0.05) is 27.2 Å². The van der Waals surface area contributed by atoms with Gasteiger partial charge in [0.05, 0.1) is 0 Å². The van der Waals surface area contributed by atoms with Crippen molar-refractivity contribution in [2.75, 3.05) is 52.4 Å². The Morgan fingerprint density at radius 3 is 2.09 bits per heavy atom. The average molecular weight is 385 g/mol. The van der Waals surface area contributed by atoms with Gasteiger partial charge in [0.15, 0.2) is 0 Å². The number of piperazine rings is 1. The fraction of sp³-hybridized carbons (Fsp3) is 0.944. The number of hydrogen-bond donors (Lipinski definition) is 1. The van der Waals surface area contributed by atoms with E-state index < -0.39 is 0 Å². The van der Waals surface area contributed by atoms with Crippen molar-refractivity contribution in [2.24, 2.45) is 5.41 Å². The normalized spacial score (nSPS) is 22.4. The van der Waals surface area contributed by atoms with Crippen molar-refractivity contribution in [1.82, 2.24) is 15.1 Å². The molecule has 0 bridgehead atoms. The molecule has 3 nitrogen and oxygen atoms in total. The Hall–Kier alpha value is 0.984. The van der Waals surface area contributed by atoms with Gasteiger partial charge in [-0.3, -0.25) is 0 Å². The summed E-state index contributed by atoms with van der Waals surface area (Å²) in [5.74, 6) is 0. The first-order valence-electron chi connectivity index (χ1n) is 9.17. The van der Waals surface area contributed by atoms with Gasteiger partial charge < -0.3 is 22.0 Å². The van der Waals surface area contributed by atoms with Crippen LogP contribution in [-0.4, -0.2) is 62.2 Å². The molecular formula is C18H38N3Y-. The quantitative estimate of drug-likeness (QED) is 0.560. The Morgan fingerprint density at radius 2 is 1.55 bits per heavy atom. The van der Waals surface area contributed by atoms with E-state index in [1.807, 2.05) is 13.8 Å². The van der Waals surface area contributed by atoms with Gasteiger partial charge in [-0.15, -0.1) is 0 Å². The van der Waals surface area contributed by atoms with E-state index in [-0.39, 0.29) is 32.7 Å². The number of hydrogen-bond acceptors (Lipinski definition) is 3. The molecule has 0 aromatic heterocycles. The Morgan fingerprint density at radius 1 is 0.955 bits per heavy atom. The van der Waals surface area contributed by atoms with Gasteiger partial charge >= 0.3 is 0 Å². The van der Waals surface area contributed by atoms with Crippen LogP contribution < -0.4 is 5.32 Å². The Labute approximate surface area is 164 Å². The van der Waals surface area contributed by atoms with Gasteiger partial charge in [0.1, 0.15) is 0 Å². The first-order valence-corrected chi connectivity index (χ1v) is 9.17. The molecule has 2 aliphatic heterocycles. The van der Waals surface area contributed by atoms with E-state index in [2.05, 4.69) is 29.0 Å². The first kappa shape index (κ1) is 23.0. The van der Waals surface area contributed by atoms with E-state index in [0.29, 0.717) is 5.41 Å². The van der Waals surface area contributed by atoms with Crippen LogP contribution in [0.3, 0.4) is 0 Å². The third kappa shape index (κ3) is 8.73. The van der Waals surface area contributed by atoms with Crippen LogP contribution >= 0.6 is 0 Å². The molecular weight excluding hydrogens is 347 g/mol. The SMILES string of the molecule is CC.[CH2-]CCCCN1CCC(C)(CN2CCNCC2)CC1.[Y]. The minimum Gasteiger partial charge on any atom is -0.343 e. The van der Waals surface area contributed by atoms with Crippen LogP contribution in [0.25, 0.3) is 0 Å². The molecule has 0 unspecified atom stereocenters. The summed E-state index contributed by atoms with van der Waals surface area (Å²) in [6, 6.07) is 0. The second-order valence-electron chi connectivity index (χ2n) is 6.74. The Kier molecular flexibility index (Phi) is 13.9. The van der Waals surface area contributed by atoms with Crippen molar-refractivity contribution in [1.29, 1.82) is 0 Å². The van der Waals surface area contributed by atoms with Crippen molar-refractivity contribution >= 4 is 0 Å². The minimum atomic E-state index is 0. The number of likely N-dealkylation sites (tertiary alicyclic amines) is 1. The van der Waals surface area contributed by atoms with Crippen molar-refractivity contribution in [3.63, 3.8) is 0 Å². The van der Waals surface area contributed by atoms with E-state index in [1.54, 1.807) is 0 Å².